The number of aromatic hydroxyl groups is 1. The summed E-state index contributed by atoms with van der Waals surface area (Å²) < 4.78 is 19.8. The molecule has 0 aliphatic heterocycles. The van der Waals surface area contributed by atoms with E-state index in [0.717, 1.165) is 66.8 Å². The molecule has 0 atom stereocenters. The summed E-state index contributed by atoms with van der Waals surface area (Å²) >= 11 is 0. The number of rotatable bonds is 6. The minimum atomic E-state index is -0.351. The zero-order valence-corrected chi connectivity index (χ0v) is 41.0. The van der Waals surface area contributed by atoms with Crippen molar-refractivity contribution in [2.45, 2.75) is 105 Å². The van der Waals surface area contributed by atoms with Crippen LogP contribution in [0, 0.1) is 6.07 Å². The fourth-order valence-electron chi connectivity index (χ4n) is 8.15. The minimum absolute atomic E-state index is 0. The predicted octanol–water partition coefficient (Wildman–Crippen LogP) is 15.4. The molecule has 0 radical (unpaired) electrons. The van der Waals surface area contributed by atoms with E-state index >= 15 is 0 Å². The van der Waals surface area contributed by atoms with Crippen LogP contribution in [0.3, 0.4) is 0 Å². The molecule has 0 amide bonds. The van der Waals surface area contributed by atoms with Gasteiger partial charge in [-0.05, 0) is 79.8 Å². The molecular weight excluding hydrogens is 950 g/mol. The van der Waals surface area contributed by atoms with E-state index in [4.69, 9.17) is 7.73 Å². The maximum Gasteiger partial charge on any atom is 0.148 e. The molecule has 0 aliphatic rings. The Balaban J connectivity index is 0.00000630. The third kappa shape index (κ3) is 9.11. The molecule has 0 fully saturated rings. The number of hydrogen-bond donors (Lipinski definition) is 1. The number of fused-ring (bicyclic) bond motifs is 1. The van der Waals surface area contributed by atoms with Gasteiger partial charge in [0.05, 0.1) is 25.0 Å². The van der Waals surface area contributed by atoms with Crippen LogP contribution in [-0.4, -0.2) is 19.6 Å². The predicted molar refractivity (Wildman–Crippen MR) is 261 cm³/mol. The van der Waals surface area contributed by atoms with Gasteiger partial charge in [0.2, 0.25) is 0 Å². The van der Waals surface area contributed by atoms with Crippen LogP contribution >= 0.6 is 0 Å². The summed E-state index contributed by atoms with van der Waals surface area (Å²) in [5, 5.41) is 12.5. The van der Waals surface area contributed by atoms with Crippen LogP contribution in [0.15, 0.2) is 140 Å². The first kappa shape index (κ1) is 42.7. The molecule has 6 aromatic carbocycles. The Morgan fingerprint density at radius 2 is 1.13 bits per heavy atom. The van der Waals surface area contributed by atoms with Gasteiger partial charge in [-0.15, -0.1) is 29.3 Å². The summed E-state index contributed by atoms with van der Waals surface area (Å²) in [7, 11) is 0. The quantitative estimate of drug-likeness (QED) is 0.169. The SMILES string of the molecule is [2H]c1nc(-c2[c-]c(-c3cccc4c3nc(-c3cc(C(C)(C)C)cc(C(C)(C)C)c3O)n4-c3ccc(C(C)(C)C)cc3-c3ccccc3)cc(C(C)(C)C)c2)cc(-c2ccccc2)c1[2H].[Pt]. The Labute approximate surface area is 392 Å². The topological polar surface area (TPSA) is 50.9 Å². The minimum Gasteiger partial charge on any atom is -0.507 e. The van der Waals surface area contributed by atoms with Gasteiger partial charge in [-0.1, -0.05) is 185 Å². The van der Waals surface area contributed by atoms with Crippen molar-refractivity contribution in [3.63, 3.8) is 0 Å². The maximum atomic E-state index is 12.5. The van der Waals surface area contributed by atoms with E-state index in [0.29, 0.717) is 22.6 Å². The molecule has 8 aromatic rings. The third-order valence-electron chi connectivity index (χ3n) is 11.9. The van der Waals surface area contributed by atoms with Gasteiger partial charge in [0.1, 0.15) is 11.6 Å². The molecule has 0 bridgehead atoms. The number of phenols is 1. The maximum absolute atomic E-state index is 12.5. The number of para-hydroxylation sites is 1. The van der Waals surface area contributed by atoms with E-state index < -0.39 is 0 Å². The molecule has 0 spiro atoms. The molecule has 2 aromatic heterocycles. The first-order valence-corrected chi connectivity index (χ1v) is 21.7. The number of hydrogen-bond acceptors (Lipinski definition) is 3. The van der Waals surface area contributed by atoms with Crippen molar-refractivity contribution >= 4 is 11.0 Å². The Morgan fingerprint density at radius 3 is 1.75 bits per heavy atom. The van der Waals surface area contributed by atoms with Crippen LogP contribution in [0.25, 0.3) is 72.7 Å². The molecule has 1 N–H and O–H groups in total. The average Bonchev–Trinajstić information content (AvgIpc) is 3.63. The van der Waals surface area contributed by atoms with E-state index in [1.165, 1.54) is 5.56 Å². The van der Waals surface area contributed by atoms with Crippen LogP contribution in [0.2, 0.25) is 0 Å². The Morgan fingerprint density at radius 1 is 0.540 bits per heavy atom. The average molecular weight is 1010 g/mol. The first-order chi connectivity index (χ1) is 30.0. The van der Waals surface area contributed by atoms with E-state index in [2.05, 4.69) is 184 Å². The number of aromatic nitrogens is 3. The van der Waals surface area contributed by atoms with Gasteiger partial charge in [-0.25, -0.2) is 4.98 Å². The van der Waals surface area contributed by atoms with Crippen molar-refractivity contribution in [1.82, 2.24) is 14.5 Å². The van der Waals surface area contributed by atoms with E-state index in [1.807, 2.05) is 42.5 Å². The van der Waals surface area contributed by atoms with Crippen LogP contribution in [0.1, 0.15) is 108 Å². The summed E-state index contributed by atoms with van der Waals surface area (Å²) in [4.78, 5) is 10.3. The van der Waals surface area contributed by atoms with Gasteiger partial charge in [0, 0.05) is 44.1 Å². The molecular formula is C58H60N3OPt-. The monoisotopic (exact) mass is 1010 g/mol. The zero-order valence-electron chi connectivity index (χ0n) is 40.7. The van der Waals surface area contributed by atoms with Crippen molar-refractivity contribution in [2.24, 2.45) is 0 Å². The summed E-state index contributed by atoms with van der Waals surface area (Å²) in [6.45, 7) is 26.4. The molecule has 0 aliphatic carbocycles. The van der Waals surface area contributed by atoms with Crippen molar-refractivity contribution in [3.05, 3.63) is 168 Å². The van der Waals surface area contributed by atoms with E-state index in [-0.39, 0.29) is 60.7 Å². The first-order valence-electron chi connectivity index (χ1n) is 22.7. The molecule has 5 heteroatoms. The summed E-state index contributed by atoms with van der Waals surface area (Å²) in [5.41, 5.74) is 13.3. The summed E-state index contributed by atoms with van der Waals surface area (Å²) in [6, 6.07) is 47.7. The van der Waals surface area contributed by atoms with Gasteiger partial charge in [0.15, 0.2) is 0 Å². The molecule has 2 heterocycles. The number of phenolic OH excluding ortho intramolecular Hbond substituents is 1. The normalized spacial score (nSPS) is 12.8. The van der Waals surface area contributed by atoms with Gasteiger partial charge >= 0.3 is 0 Å². The van der Waals surface area contributed by atoms with Crippen LogP contribution < -0.4 is 0 Å². The summed E-state index contributed by atoms with van der Waals surface area (Å²) in [6.07, 6.45) is -0.0865. The number of imidazole rings is 1. The van der Waals surface area contributed by atoms with E-state index in [1.54, 1.807) is 0 Å². The van der Waals surface area contributed by atoms with E-state index in [9.17, 15) is 5.11 Å². The number of benzene rings is 6. The van der Waals surface area contributed by atoms with Gasteiger partial charge in [-0.3, -0.25) is 9.55 Å². The molecule has 324 valence electrons. The summed E-state index contributed by atoms with van der Waals surface area (Å²) in [5.74, 6) is 0.864. The third-order valence-corrected chi connectivity index (χ3v) is 11.9. The van der Waals surface area contributed by atoms with Crippen LogP contribution in [-0.2, 0) is 42.7 Å². The van der Waals surface area contributed by atoms with Gasteiger partial charge in [0.25, 0.3) is 0 Å². The largest absolute Gasteiger partial charge is 0.507 e. The number of nitrogens with zero attached hydrogens (tertiary/aromatic N) is 3. The second kappa shape index (κ2) is 16.9. The molecule has 0 unspecified atom stereocenters. The standard InChI is InChI=1S/C58H60N3O.Pt/c1-55(2,3)42-26-27-50(46(34-42)38-22-17-14-18-23-38)61-51-25-19-24-45(52(51)60-54(61)47-35-44(57(7,8)9)36-48(53(47)62)58(10,11)12)40-30-41(32-43(31-40)56(4,5)6)49-33-39(28-29-59-49)37-20-15-13-16-21-37;/h13-29,31-36,62H,1-12H3;/q-1;/i28D,29D;. The fraction of sp³-hybridized carbons (Fsp3) is 0.276. The second-order valence-corrected chi connectivity index (χ2v) is 20.8. The smallest absolute Gasteiger partial charge is 0.148 e. The van der Waals surface area contributed by atoms with Gasteiger partial charge in [-0.2, -0.15) is 0 Å². The van der Waals surface area contributed by atoms with Crippen molar-refractivity contribution in [1.29, 1.82) is 0 Å². The molecule has 4 nitrogen and oxygen atoms in total. The molecule has 63 heavy (non-hydrogen) atoms. The zero-order chi connectivity index (χ0) is 46.1. The Kier molecular flexibility index (Phi) is 11.4. The van der Waals surface area contributed by atoms with Crippen molar-refractivity contribution < 1.29 is 28.9 Å². The van der Waals surface area contributed by atoms with Gasteiger partial charge < -0.3 is 5.11 Å². The van der Waals surface area contributed by atoms with Crippen molar-refractivity contribution in [2.75, 3.05) is 0 Å². The molecule has 0 saturated heterocycles. The van der Waals surface area contributed by atoms with Crippen LogP contribution in [0.5, 0.6) is 5.75 Å². The molecule has 0 saturated carbocycles. The van der Waals surface area contributed by atoms with Crippen molar-refractivity contribution in [3.8, 4) is 67.5 Å². The fourth-order valence-corrected chi connectivity index (χ4v) is 8.15. The second-order valence-electron chi connectivity index (χ2n) is 20.8. The molecule has 8 rings (SSSR count). The Bertz CT molecular complexity index is 3050. The van der Waals surface area contributed by atoms with Crippen LogP contribution in [0.4, 0.5) is 0 Å². The Hall–Kier alpha value is -5.57. The number of pyridine rings is 1.